The number of rotatable bonds is 18. The summed E-state index contributed by atoms with van der Waals surface area (Å²) in [6.07, 6.45) is 3.48. The molecule has 0 radical (unpaired) electrons. The molecule has 17 heteroatoms. The maximum Gasteiger partial charge on any atom is 0.335 e. The van der Waals surface area contributed by atoms with Gasteiger partial charge in [-0.3, -0.25) is 14.4 Å². The van der Waals surface area contributed by atoms with Crippen molar-refractivity contribution in [2.75, 3.05) is 50.8 Å². The fourth-order valence-electron chi connectivity index (χ4n) is 4.38. The van der Waals surface area contributed by atoms with Gasteiger partial charge in [0, 0.05) is 36.5 Å². The summed E-state index contributed by atoms with van der Waals surface area (Å²) in [5.41, 5.74) is 1.57. The summed E-state index contributed by atoms with van der Waals surface area (Å²) in [6, 6.07) is 13.7. The first kappa shape index (κ1) is 37.3. The van der Waals surface area contributed by atoms with Crippen molar-refractivity contribution in [2.45, 2.75) is 12.5 Å². The molecule has 0 aliphatic rings. The molecular formula is C33H33ClFN7O8. The van der Waals surface area contributed by atoms with Gasteiger partial charge in [0.15, 0.2) is 5.82 Å². The molecule has 1 unspecified atom stereocenters. The topological polar surface area (TPSA) is 196 Å². The molecule has 4 N–H and O–H groups in total. The number of carbonyl (C=O) groups excluding carboxylic acids is 3. The van der Waals surface area contributed by atoms with Crippen molar-refractivity contribution in [2.24, 2.45) is 0 Å². The number of carboxylic acid groups (broad SMARTS) is 1. The van der Waals surface area contributed by atoms with E-state index in [1.807, 2.05) is 0 Å². The number of carbonyl (C=O) groups is 4. The second kappa shape index (κ2) is 18.8. The van der Waals surface area contributed by atoms with Crippen LogP contribution < -0.4 is 16.0 Å². The van der Waals surface area contributed by atoms with E-state index in [-0.39, 0.29) is 47.4 Å². The van der Waals surface area contributed by atoms with E-state index >= 15 is 4.39 Å². The highest BCUT2D eigenvalue weighted by Gasteiger charge is 2.22. The Labute approximate surface area is 290 Å². The third kappa shape index (κ3) is 11.3. The summed E-state index contributed by atoms with van der Waals surface area (Å²) >= 11 is 5.98. The maximum absolute atomic E-state index is 15.0. The Morgan fingerprint density at radius 2 is 1.62 bits per heavy atom. The van der Waals surface area contributed by atoms with Crippen molar-refractivity contribution >= 4 is 52.7 Å². The Hall–Kier alpha value is -5.55. The number of aromatic nitrogens is 4. The molecule has 0 aliphatic carbocycles. The van der Waals surface area contributed by atoms with Crippen LogP contribution in [0.15, 0.2) is 73.1 Å². The number of methoxy groups -OCH3 is 1. The number of nitrogens with zero attached hydrogens (tertiary/aromatic N) is 4. The first-order chi connectivity index (χ1) is 24.1. The van der Waals surface area contributed by atoms with E-state index in [2.05, 4.69) is 31.5 Å². The van der Waals surface area contributed by atoms with Crippen molar-refractivity contribution in [1.82, 2.24) is 25.5 Å². The lowest BCUT2D eigenvalue weighted by Gasteiger charge is -2.18. The molecule has 0 bridgehead atoms. The van der Waals surface area contributed by atoms with E-state index in [1.165, 1.54) is 53.5 Å². The van der Waals surface area contributed by atoms with Gasteiger partial charge in [-0.05, 0) is 70.6 Å². The molecule has 4 rings (SSSR count). The number of carboxylic acids is 1. The van der Waals surface area contributed by atoms with Gasteiger partial charge in [-0.15, -0.1) is 5.10 Å². The van der Waals surface area contributed by atoms with Crippen LogP contribution in [-0.4, -0.2) is 95.2 Å². The highest BCUT2D eigenvalue weighted by Crippen LogP contribution is 2.25. The van der Waals surface area contributed by atoms with Gasteiger partial charge >= 0.3 is 5.97 Å². The molecule has 4 aromatic rings. The van der Waals surface area contributed by atoms with Crippen LogP contribution in [0.4, 0.5) is 15.8 Å². The molecule has 15 nitrogen and oxygen atoms in total. The summed E-state index contributed by atoms with van der Waals surface area (Å²) in [7, 11) is 1.57. The van der Waals surface area contributed by atoms with Gasteiger partial charge in [-0.1, -0.05) is 23.7 Å². The number of tetrazole rings is 1. The normalized spacial score (nSPS) is 11.7. The summed E-state index contributed by atoms with van der Waals surface area (Å²) in [5.74, 6) is -3.66. The molecule has 0 spiro atoms. The van der Waals surface area contributed by atoms with Crippen molar-refractivity contribution in [3.05, 3.63) is 101 Å². The van der Waals surface area contributed by atoms with Crippen molar-refractivity contribution in [3.8, 4) is 5.69 Å². The number of halogens is 2. The number of aromatic carboxylic acids is 1. The Balaban J connectivity index is 1.44. The molecule has 3 aromatic carbocycles. The SMILES string of the molecule is COCCOCCOCC(=O)Nc1ccc(CC(NC(=O)C=Cc2c(-n3cnnn3)ccc(Cl)c2F)C(=O)Nc2ccc(C(=O)O)cc2)cc1. The Morgan fingerprint density at radius 3 is 2.30 bits per heavy atom. The van der Waals surface area contributed by atoms with Crippen LogP contribution in [-0.2, 0) is 35.0 Å². The zero-order chi connectivity index (χ0) is 35.9. The monoisotopic (exact) mass is 709 g/mol. The molecular weight excluding hydrogens is 677 g/mol. The van der Waals surface area contributed by atoms with E-state index in [1.54, 1.807) is 31.4 Å². The van der Waals surface area contributed by atoms with Gasteiger partial charge in [0.25, 0.3) is 0 Å². The van der Waals surface area contributed by atoms with E-state index in [0.717, 1.165) is 6.08 Å². The van der Waals surface area contributed by atoms with Crippen molar-refractivity contribution in [1.29, 1.82) is 0 Å². The predicted octanol–water partition coefficient (Wildman–Crippen LogP) is 3.15. The molecule has 1 heterocycles. The first-order valence-electron chi connectivity index (χ1n) is 15.0. The maximum atomic E-state index is 15.0. The van der Waals surface area contributed by atoms with Crippen LogP contribution in [0.3, 0.4) is 0 Å². The second-order valence-electron chi connectivity index (χ2n) is 10.4. The molecule has 1 aromatic heterocycles. The standard InChI is InChI=1S/C33H33ClFN7O8/c1-48-14-15-49-16-17-50-19-30(44)37-23-6-2-21(3-7-23)18-27(32(45)38-24-8-4-22(5-9-24)33(46)47)39-29(43)13-10-25-28(42-20-36-40-41-42)12-11-26(34)31(25)35/h2-13,20,27H,14-19H2,1H3,(H,37,44)(H,38,45)(H,39,43)(H,46,47). The summed E-state index contributed by atoms with van der Waals surface area (Å²) in [6.45, 7) is 1.26. The van der Waals surface area contributed by atoms with Crippen molar-refractivity contribution in [3.63, 3.8) is 0 Å². The molecule has 0 saturated heterocycles. The molecule has 0 aliphatic heterocycles. The van der Waals surface area contributed by atoms with Crippen LogP contribution in [0.2, 0.25) is 5.02 Å². The summed E-state index contributed by atoms with van der Waals surface area (Å²) in [5, 5.41) is 27.8. The molecule has 1 atom stereocenters. The lowest BCUT2D eigenvalue weighted by molar-refractivity contribution is -0.123. The molecule has 0 saturated carbocycles. The minimum Gasteiger partial charge on any atom is -0.478 e. The fourth-order valence-corrected chi connectivity index (χ4v) is 4.55. The molecule has 262 valence electrons. The summed E-state index contributed by atoms with van der Waals surface area (Å²) in [4.78, 5) is 50.0. The minimum absolute atomic E-state index is 0.0143. The van der Waals surface area contributed by atoms with Crippen LogP contribution in [0.1, 0.15) is 21.5 Å². The van der Waals surface area contributed by atoms with Crippen molar-refractivity contribution < 1.29 is 42.9 Å². The van der Waals surface area contributed by atoms with Gasteiger partial charge in [-0.25, -0.2) is 9.18 Å². The fraction of sp³-hybridized carbons (Fsp3) is 0.242. The highest BCUT2D eigenvalue weighted by molar-refractivity contribution is 6.31. The summed E-state index contributed by atoms with van der Waals surface area (Å²) < 4.78 is 31.7. The second-order valence-corrected chi connectivity index (χ2v) is 10.8. The third-order valence-corrected chi connectivity index (χ3v) is 7.15. The zero-order valence-electron chi connectivity index (χ0n) is 26.7. The number of hydrogen-bond donors (Lipinski definition) is 4. The van der Waals surface area contributed by atoms with Gasteiger partial charge in [0.2, 0.25) is 17.7 Å². The number of nitrogens with one attached hydrogen (secondary N) is 3. The first-order valence-corrected chi connectivity index (χ1v) is 15.4. The Kier molecular flexibility index (Phi) is 14.1. The van der Waals surface area contributed by atoms with E-state index < -0.39 is 29.6 Å². The number of benzene rings is 3. The lowest BCUT2D eigenvalue weighted by atomic mass is 10.0. The molecule has 3 amide bonds. The number of amides is 3. The van der Waals surface area contributed by atoms with Gasteiger partial charge in [-0.2, -0.15) is 4.68 Å². The van der Waals surface area contributed by atoms with Crippen LogP contribution >= 0.6 is 11.6 Å². The smallest absolute Gasteiger partial charge is 0.335 e. The van der Waals surface area contributed by atoms with E-state index in [4.69, 9.17) is 25.8 Å². The quantitative estimate of drug-likeness (QED) is 0.0875. The zero-order valence-corrected chi connectivity index (χ0v) is 27.4. The van der Waals surface area contributed by atoms with Gasteiger partial charge in [0.05, 0.1) is 42.7 Å². The third-order valence-electron chi connectivity index (χ3n) is 6.85. The van der Waals surface area contributed by atoms with Gasteiger partial charge < -0.3 is 35.3 Å². The highest BCUT2D eigenvalue weighted by atomic mass is 35.5. The number of hydrogen-bond acceptors (Lipinski definition) is 10. The number of ether oxygens (including phenoxy) is 3. The van der Waals surface area contributed by atoms with E-state index in [0.29, 0.717) is 36.8 Å². The van der Waals surface area contributed by atoms with E-state index in [9.17, 15) is 24.3 Å². The number of anilines is 2. The van der Waals surface area contributed by atoms with Crippen LogP contribution in [0.25, 0.3) is 11.8 Å². The molecule has 0 fully saturated rings. The van der Waals surface area contributed by atoms with Crippen LogP contribution in [0, 0.1) is 5.82 Å². The minimum atomic E-state index is -1.14. The molecule has 50 heavy (non-hydrogen) atoms. The van der Waals surface area contributed by atoms with Crippen LogP contribution in [0.5, 0.6) is 0 Å². The van der Waals surface area contributed by atoms with Gasteiger partial charge in [0.1, 0.15) is 19.0 Å². The largest absolute Gasteiger partial charge is 0.478 e. The lowest BCUT2D eigenvalue weighted by Crippen LogP contribution is -2.44. The Bertz CT molecular complexity index is 1790. The average molecular weight is 710 g/mol. The average Bonchev–Trinajstić information content (AvgIpc) is 3.64. The Morgan fingerprint density at radius 1 is 0.940 bits per heavy atom. The predicted molar refractivity (Wildman–Crippen MR) is 179 cm³/mol.